The largest absolute Gasteiger partial charge is 0.366 e. The van der Waals surface area contributed by atoms with Crippen LogP contribution in [0.2, 0.25) is 5.02 Å². The first-order valence-corrected chi connectivity index (χ1v) is 6.42. The van der Waals surface area contributed by atoms with Crippen molar-refractivity contribution in [3.63, 3.8) is 0 Å². The smallest absolute Gasteiger partial charge is 0.0455 e. The summed E-state index contributed by atoms with van der Waals surface area (Å²) in [6.45, 7) is 2.22. The van der Waals surface area contributed by atoms with Crippen molar-refractivity contribution in [1.82, 2.24) is 0 Å². The van der Waals surface area contributed by atoms with E-state index in [-0.39, 0.29) is 0 Å². The Hall–Kier alpha value is -1.51. The zero-order chi connectivity index (χ0) is 12.8. The zero-order valence-corrected chi connectivity index (χ0v) is 11.0. The third-order valence-corrected chi connectivity index (χ3v) is 3.21. The predicted molar refractivity (Wildman–Crippen MR) is 78.0 cm³/mol. The maximum absolute atomic E-state index is 6.20. The van der Waals surface area contributed by atoms with Crippen molar-refractivity contribution in [2.45, 2.75) is 6.54 Å². The molecule has 0 amide bonds. The number of benzene rings is 2. The van der Waals surface area contributed by atoms with E-state index in [1.54, 1.807) is 0 Å². The Bertz CT molecular complexity index is 485. The first-order valence-electron chi connectivity index (χ1n) is 6.04. The van der Waals surface area contributed by atoms with E-state index in [4.69, 9.17) is 17.3 Å². The van der Waals surface area contributed by atoms with Crippen LogP contribution in [-0.2, 0) is 6.54 Å². The molecule has 94 valence electrons. The number of nitrogens with zero attached hydrogens (tertiary/aromatic N) is 1. The molecular weight excluding hydrogens is 244 g/mol. The van der Waals surface area contributed by atoms with Gasteiger partial charge in [-0.3, -0.25) is 0 Å². The van der Waals surface area contributed by atoms with Gasteiger partial charge in [0.2, 0.25) is 0 Å². The molecule has 0 heterocycles. The van der Waals surface area contributed by atoms with E-state index in [9.17, 15) is 0 Å². The molecule has 2 nitrogen and oxygen atoms in total. The topological polar surface area (TPSA) is 29.3 Å². The number of nitrogens with two attached hydrogens (primary N) is 1. The van der Waals surface area contributed by atoms with Crippen LogP contribution in [0.3, 0.4) is 0 Å². The Morgan fingerprint density at radius 3 is 2.28 bits per heavy atom. The van der Waals surface area contributed by atoms with Gasteiger partial charge in [-0.2, -0.15) is 0 Å². The van der Waals surface area contributed by atoms with Gasteiger partial charge in [0.25, 0.3) is 0 Å². The molecule has 0 bridgehead atoms. The minimum absolute atomic E-state index is 0.624. The molecule has 2 aromatic carbocycles. The summed E-state index contributed by atoms with van der Waals surface area (Å²) >= 11 is 6.20. The first kappa shape index (κ1) is 12.9. The SMILES string of the molecule is NCCN(Cc1ccccc1Cl)c1ccccc1. The molecule has 0 atom stereocenters. The fraction of sp³-hybridized carbons (Fsp3) is 0.200. The van der Waals surface area contributed by atoms with Crippen LogP contribution in [0, 0.1) is 0 Å². The lowest BCUT2D eigenvalue weighted by Gasteiger charge is -2.24. The molecule has 0 fully saturated rings. The van der Waals surface area contributed by atoms with Crippen LogP contribution in [0.15, 0.2) is 54.6 Å². The van der Waals surface area contributed by atoms with Crippen LogP contribution in [-0.4, -0.2) is 13.1 Å². The van der Waals surface area contributed by atoms with E-state index in [1.165, 1.54) is 5.69 Å². The molecule has 0 saturated carbocycles. The van der Waals surface area contributed by atoms with Gasteiger partial charge < -0.3 is 10.6 Å². The molecule has 18 heavy (non-hydrogen) atoms. The van der Waals surface area contributed by atoms with E-state index in [0.717, 1.165) is 23.7 Å². The van der Waals surface area contributed by atoms with Crippen molar-refractivity contribution in [2.75, 3.05) is 18.0 Å². The normalized spacial score (nSPS) is 10.3. The summed E-state index contributed by atoms with van der Waals surface area (Å²) in [4.78, 5) is 2.24. The van der Waals surface area contributed by atoms with Crippen LogP contribution in [0.5, 0.6) is 0 Å². The van der Waals surface area contributed by atoms with Crippen molar-refractivity contribution >= 4 is 17.3 Å². The van der Waals surface area contributed by atoms with Crippen molar-refractivity contribution in [2.24, 2.45) is 5.73 Å². The number of rotatable bonds is 5. The molecule has 0 unspecified atom stereocenters. The highest BCUT2D eigenvalue weighted by atomic mass is 35.5. The average Bonchev–Trinajstić information content (AvgIpc) is 2.42. The molecule has 0 radical (unpaired) electrons. The van der Waals surface area contributed by atoms with Gasteiger partial charge >= 0.3 is 0 Å². The standard InChI is InChI=1S/C15H17ClN2/c16-15-9-5-4-6-13(15)12-18(11-10-17)14-7-2-1-3-8-14/h1-9H,10-12,17H2. The first-order chi connectivity index (χ1) is 8.81. The Balaban J connectivity index is 2.19. The van der Waals surface area contributed by atoms with Gasteiger partial charge in [0.1, 0.15) is 0 Å². The molecule has 2 N–H and O–H groups in total. The van der Waals surface area contributed by atoms with Crippen molar-refractivity contribution in [3.8, 4) is 0 Å². The number of hydrogen-bond acceptors (Lipinski definition) is 2. The number of halogens is 1. The number of anilines is 1. The van der Waals surface area contributed by atoms with Crippen LogP contribution < -0.4 is 10.6 Å². The summed E-state index contributed by atoms with van der Waals surface area (Å²) in [5.41, 5.74) is 7.97. The van der Waals surface area contributed by atoms with Gasteiger partial charge in [-0.05, 0) is 23.8 Å². The Labute approximate surface area is 113 Å². The molecule has 0 aromatic heterocycles. The van der Waals surface area contributed by atoms with Gasteiger partial charge in [-0.25, -0.2) is 0 Å². The second kappa shape index (κ2) is 6.43. The van der Waals surface area contributed by atoms with E-state index < -0.39 is 0 Å². The molecule has 2 aromatic rings. The molecule has 3 heteroatoms. The quantitative estimate of drug-likeness (QED) is 0.894. The maximum atomic E-state index is 6.20. The Morgan fingerprint density at radius 2 is 1.61 bits per heavy atom. The fourth-order valence-corrected chi connectivity index (χ4v) is 2.12. The minimum Gasteiger partial charge on any atom is -0.366 e. The van der Waals surface area contributed by atoms with Gasteiger partial charge in [0.15, 0.2) is 0 Å². The molecule has 0 aliphatic rings. The van der Waals surface area contributed by atoms with Gasteiger partial charge in [0.05, 0.1) is 0 Å². The monoisotopic (exact) mass is 260 g/mol. The summed E-state index contributed by atoms with van der Waals surface area (Å²) in [7, 11) is 0. The molecule has 0 aliphatic carbocycles. The molecule has 0 aliphatic heterocycles. The van der Waals surface area contributed by atoms with Crippen molar-refractivity contribution < 1.29 is 0 Å². The summed E-state index contributed by atoms with van der Waals surface area (Å²) in [5, 5.41) is 0.801. The third kappa shape index (κ3) is 3.25. The Kier molecular flexibility index (Phi) is 4.62. The summed E-state index contributed by atoms with van der Waals surface area (Å²) < 4.78 is 0. The highest BCUT2D eigenvalue weighted by Gasteiger charge is 2.08. The Morgan fingerprint density at radius 1 is 0.944 bits per heavy atom. The molecular formula is C15H17ClN2. The summed E-state index contributed by atoms with van der Waals surface area (Å²) in [6, 6.07) is 18.2. The van der Waals surface area contributed by atoms with Gasteiger partial charge in [-0.15, -0.1) is 0 Å². The number of hydrogen-bond donors (Lipinski definition) is 1. The average molecular weight is 261 g/mol. The van der Waals surface area contributed by atoms with E-state index >= 15 is 0 Å². The molecule has 2 rings (SSSR count). The zero-order valence-electron chi connectivity index (χ0n) is 10.2. The van der Waals surface area contributed by atoms with Crippen LogP contribution in [0.25, 0.3) is 0 Å². The molecule has 0 saturated heterocycles. The van der Waals surface area contributed by atoms with Crippen LogP contribution >= 0.6 is 11.6 Å². The van der Waals surface area contributed by atoms with Gasteiger partial charge in [0, 0.05) is 30.3 Å². The van der Waals surface area contributed by atoms with Crippen LogP contribution in [0.4, 0.5) is 5.69 Å². The lowest BCUT2D eigenvalue weighted by Crippen LogP contribution is -2.28. The minimum atomic E-state index is 0.624. The molecule has 0 spiro atoms. The predicted octanol–water partition coefficient (Wildman–Crippen LogP) is 3.31. The number of para-hydroxylation sites is 1. The summed E-state index contributed by atoms with van der Waals surface area (Å²) in [5.74, 6) is 0. The van der Waals surface area contributed by atoms with E-state index in [1.807, 2.05) is 36.4 Å². The second-order valence-corrected chi connectivity index (χ2v) is 4.54. The fourth-order valence-electron chi connectivity index (χ4n) is 1.93. The van der Waals surface area contributed by atoms with Crippen molar-refractivity contribution in [1.29, 1.82) is 0 Å². The van der Waals surface area contributed by atoms with Gasteiger partial charge in [-0.1, -0.05) is 48.0 Å². The summed E-state index contributed by atoms with van der Waals surface area (Å²) in [6.07, 6.45) is 0. The van der Waals surface area contributed by atoms with E-state index in [0.29, 0.717) is 6.54 Å². The lowest BCUT2D eigenvalue weighted by molar-refractivity contribution is 0.790. The highest BCUT2D eigenvalue weighted by Crippen LogP contribution is 2.21. The highest BCUT2D eigenvalue weighted by molar-refractivity contribution is 6.31. The maximum Gasteiger partial charge on any atom is 0.0455 e. The third-order valence-electron chi connectivity index (χ3n) is 2.84. The van der Waals surface area contributed by atoms with E-state index in [2.05, 4.69) is 23.1 Å². The lowest BCUT2D eigenvalue weighted by atomic mass is 10.2. The second-order valence-electron chi connectivity index (χ2n) is 4.14. The van der Waals surface area contributed by atoms with Crippen LogP contribution in [0.1, 0.15) is 5.56 Å². The van der Waals surface area contributed by atoms with Crippen molar-refractivity contribution in [3.05, 3.63) is 65.2 Å².